The average molecular weight is 195 g/mol. The number of aromatic hydroxyl groups is 2. The summed E-state index contributed by atoms with van der Waals surface area (Å²) in [4.78, 5) is 0. The fourth-order valence-corrected chi connectivity index (χ4v) is 1.24. The van der Waals surface area contributed by atoms with Crippen molar-refractivity contribution in [2.24, 2.45) is 11.7 Å². The highest BCUT2D eigenvalue weighted by molar-refractivity contribution is 5.39. The highest BCUT2D eigenvalue weighted by Gasteiger charge is 2.26. The Labute approximate surface area is 84.2 Å². The molecule has 78 valence electrons. The molecule has 0 aliphatic heterocycles. The second-order valence-electron chi connectivity index (χ2n) is 4.18. The maximum Gasteiger partial charge on any atom is 0.119 e. The van der Waals surface area contributed by atoms with Crippen molar-refractivity contribution in [2.75, 3.05) is 0 Å². The molecule has 0 radical (unpaired) electrons. The molecule has 1 atom stereocenters. The van der Waals surface area contributed by atoms with Gasteiger partial charge in [0, 0.05) is 11.6 Å². The summed E-state index contributed by atoms with van der Waals surface area (Å²) in [6.45, 7) is 5.88. The zero-order valence-electron chi connectivity index (χ0n) is 8.78. The first-order valence-electron chi connectivity index (χ1n) is 4.66. The van der Waals surface area contributed by atoms with Gasteiger partial charge in [0.15, 0.2) is 0 Å². The molecule has 0 spiro atoms. The monoisotopic (exact) mass is 195 g/mol. The summed E-state index contributed by atoms with van der Waals surface area (Å²) in [5.74, 6) is 0.304. The number of rotatable bonds is 2. The lowest BCUT2D eigenvalue weighted by molar-refractivity contribution is 0.346. The molecule has 0 aromatic heterocycles. The molecule has 3 heteroatoms. The van der Waals surface area contributed by atoms with Gasteiger partial charge in [-0.05, 0) is 30.5 Å². The summed E-state index contributed by atoms with van der Waals surface area (Å²) in [7, 11) is 0. The van der Waals surface area contributed by atoms with E-state index >= 15 is 0 Å². The zero-order chi connectivity index (χ0) is 10.9. The molecule has 14 heavy (non-hydrogen) atoms. The summed E-state index contributed by atoms with van der Waals surface area (Å²) < 4.78 is 0. The topological polar surface area (TPSA) is 66.5 Å². The van der Waals surface area contributed by atoms with Crippen molar-refractivity contribution in [2.45, 2.75) is 26.3 Å². The summed E-state index contributed by atoms with van der Waals surface area (Å²) in [6, 6.07) is 4.46. The minimum atomic E-state index is -0.545. The van der Waals surface area contributed by atoms with Gasteiger partial charge in [0.2, 0.25) is 0 Å². The van der Waals surface area contributed by atoms with Gasteiger partial charge in [-0.15, -0.1) is 0 Å². The van der Waals surface area contributed by atoms with Crippen LogP contribution < -0.4 is 5.73 Å². The van der Waals surface area contributed by atoms with Gasteiger partial charge in [0.1, 0.15) is 11.5 Å². The molecule has 4 N–H and O–H groups in total. The molecule has 0 heterocycles. The third-order valence-electron chi connectivity index (χ3n) is 2.72. The van der Waals surface area contributed by atoms with Crippen LogP contribution in [0.15, 0.2) is 18.2 Å². The Balaban J connectivity index is 3.18. The third-order valence-corrected chi connectivity index (χ3v) is 2.72. The van der Waals surface area contributed by atoms with Gasteiger partial charge in [0.05, 0.1) is 0 Å². The van der Waals surface area contributed by atoms with Gasteiger partial charge in [-0.25, -0.2) is 0 Å². The Morgan fingerprint density at radius 3 is 1.93 bits per heavy atom. The van der Waals surface area contributed by atoms with Crippen molar-refractivity contribution in [1.29, 1.82) is 0 Å². The zero-order valence-corrected chi connectivity index (χ0v) is 8.78. The molecule has 0 aliphatic carbocycles. The largest absolute Gasteiger partial charge is 0.508 e. The van der Waals surface area contributed by atoms with Gasteiger partial charge in [0.25, 0.3) is 0 Å². The second-order valence-corrected chi connectivity index (χ2v) is 4.18. The van der Waals surface area contributed by atoms with Gasteiger partial charge in [-0.3, -0.25) is 0 Å². The molecule has 0 unspecified atom stereocenters. The molecule has 0 amide bonds. The van der Waals surface area contributed by atoms with Gasteiger partial charge in [-0.2, -0.15) is 0 Å². The number of hydrogen-bond acceptors (Lipinski definition) is 3. The fraction of sp³-hybridized carbons (Fsp3) is 0.455. The predicted molar refractivity (Wildman–Crippen MR) is 56.1 cm³/mol. The maximum atomic E-state index is 9.32. The lowest BCUT2D eigenvalue weighted by Gasteiger charge is -2.29. The van der Waals surface area contributed by atoms with E-state index in [1.54, 1.807) is 12.1 Å². The standard InChI is InChI=1S/C11H17NO2/c1-7(2)11(3,12)8-4-9(13)6-10(14)5-8/h4-7,13-14H,12H2,1-3H3/t11-/m0/s1. The lowest BCUT2D eigenvalue weighted by Crippen LogP contribution is -2.38. The molecule has 3 nitrogen and oxygen atoms in total. The van der Waals surface area contributed by atoms with E-state index in [9.17, 15) is 10.2 Å². The molecule has 1 aromatic carbocycles. The predicted octanol–water partition coefficient (Wildman–Crippen LogP) is 1.93. The van der Waals surface area contributed by atoms with E-state index in [0.717, 1.165) is 5.56 Å². The summed E-state index contributed by atoms with van der Waals surface area (Å²) in [6.07, 6.45) is 0. The molecule has 0 fully saturated rings. The average Bonchev–Trinajstić information content (AvgIpc) is 2.01. The second kappa shape index (κ2) is 3.50. The number of phenolic OH excluding ortho intramolecular Hbond substituents is 2. The third kappa shape index (κ3) is 1.99. The summed E-state index contributed by atoms with van der Waals surface area (Å²) in [5, 5.41) is 18.6. The maximum absolute atomic E-state index is 9.32. The normalized spacial score (nSPS) is 15.5. The lowest BCUT2D eigenvalue weighted by atomic mass is 9.82. The highest BCUT2D eigenvalue weighted by Crippen LogP contribution is 2.31. The Kier molecular flexibility index (Phi) is 2.71. The number of nitrogens with two attached hydrogens (primary N) is 1. The van der Waals surface area contributed by atoms with Crippen LogP contribution in [0.3, 0.4) is 0 Å². The first-order valence-corrected chi connectivity index (χ1v) is 4.66. The van der Waals surface area contributed by atoms with E-state index in [1.807, 2.05) is 20.8 Å². The molecule has 1 aromatic rings. The SMILES string of the molecule is CC(C)[C@](C)(N)c1cc(O)cc(O)c1. The van der Waals surface area contributed by atoms with Crippen molar-refractivity contribution >= 4 is 0 Å². The molecular formula is C11H17NO2. The fourth-order valence-electron chi connectivity index (χ4n) is 1.24. The minimum Gasteiger partial charge on any atom is -0.508 e. The van der Waals surface area contributed by atoms with E-state index < -0.39 is 5.54 Å². The number of benzene rings is 1. The van der Waals surface area contributed by atoms with Crippen LogP contribution in [-0.2, 0) is 5.54 Å². The van der Waals surface area contributed by atoms with Gasteiger partial charge < -0.3 is 15.9 Å². The Morgan fingerprint density at radius 1 is 1.14 bits per heavy atom. The van der Waals surface area contributed by atoms with Crippen LogP contribution in [-0.4, -0.2) is 10.2 Å². The highest BCUT2D eigenvalue weighted by atomic mass is 16.3. The van der Waals surface area contributed by atoms with Crippen LogP contribution in [0.4, 0.5) is 0 Å². The van der Waals surface area contributed by atoms with Crippen LogP contribution >= 0.6 is 0 Å². The van der Waals surface area contributed by atoms with Crippen LogP contribution in [0, 0.1) is 5.92 Å². The van der Waals surface area contributed by atoms with Crippen molar-refractivity contribution in [1.82, 2.24) is 0 Å². The van der Waals surface area contributed by atoms with E-state index in [-0.39, 0.29) is 17.4 Å². The van der Waals surface area contributed by atoms with Crippen LogP contribution in [0.2, 0.25) is 0 Å². The smallest absolute Gasteiger partial charge is 0.119 e. The molecule has 0 aliphatic rings. The molecule has 0 saturated heterocycles. The minimum absolute atomic E-state index is 0.0392. The molecule has 0 bridgehead atoms. The molecule has 0 saturated carbocycles. The first-order chi connectivity index (χ1) is 6.34. The van der Waals surface area contributed by atoms with E-state index in [0.29, 0.717) is 0 Å². The van der Waals surface area contributed by atoms with E-state index in [1.165, 1.54) is 6.07 Å². The first kappa shape index (κ1) is 10.9. The molecular weight excluding hydrogens is 178 g/mol. The van der Waals surface area contributed by atoms with Gasteiger partial charge >= 0.3 is 0 Å². The van der Waals surface area contributed by atoms with Crippen molar-refractivity contribution < 1.29 is 10.2 Å². The Hall–Kier alpha value is -1.22. The summed E-state index contributed by atoms with van der Waals surface area (Å²) in [5.41, 5.74) is 6.29. The van der Waals surface area contributed by atoms with E-state index in [2.05, 4.69) is 0 Å². The van der Waals surface area contributed by atoms with Crippen molar-refractivity contribution in [3.8, 4) is 11.5 Å². The number of phenols is 2. The van der Waals surface area contributed by atoms with Gasteiger partial charge in [-0.1, -0.05) is 13.8 Å². The van der Waals surface area contributed by atoms with Crippen LogP contribution in [0.5, 0.6) is 11.5 Å². The molecule has 1 rings (SSSR count). The van der Waals surface area contributed by atoms with Crippen LogP contribution in [0.25, 0.3) is 0 Å². The Bertz CT molecular complexity index is 312. The quantitative estimate of drug-likeness (QED) is 0.675. The summed E-state index contributed by atoms with van der Waals surface area (Å²) >= 11 is 0. The van der Waals surface area contributed by atoms with E-state index in [4.69, 9.17) is 5.73 Å². The van der Waals surface area contributed by atoms with Crippen molar-refractivity contribution in [3.63, 3.8) is 0 Å². The van der Waals surface area contributed by atoms with Crippen LogP contribution in [0.1, 0.15) is 26.3 Å². The Morgan fingerprint density at radius 2 is 1.57 bits per heavy atom. The van der Waals surface area contributed by atoms with Crippen molar-refractivity contribution in [3.05, 3.63) is 23.8 Å². The number of hydrogen-bond donors (Lipinski definition) is 3.